The summed E-state index contributed by atoms with van der Waals surface area (Å²) in [6.07, 6.45) is 1.42. The van der Waals surface area contributed by atoms with Gasteiger partial charge in [-0.3, -0.25) is 4.79 Å². The first-order chi connectivity index (χ1) is 12.2. The lowest BCUT2D eigenvalue weighted by atomic mass is 10.3. The van der Waals surface area contributed by atoms with Gasteiger partial charge in [0.05, 0.1) is 11.3 Å². The maximum absolute atomic E-state index is 12.0. The summed E-state index contributed by atoms with van der Waals surface area (Å²) in [5.74, 6) is 0.0939. The van der Waals surface area contributed by atoms with Gasteiger partial charge in [-0.25, -0.2) is 4.79 Å². The van der Waals surface area contributed by atoms with Gasteiger partial charge in [-0.05, 0) is 36.4 Å². The summed E-state index contributed by atoms with van der Waals surface area (Å²) in [5.41, 5.74) is 0. The van der Waals surface area contributed by atoms with E-state index in [-0.39, 0.29) is 24.9 Å². The van der Waals surface area contributed by atoms with E-state index < -0.39 is 5.97 Å². The van der Waals surface area contributed by atoms with Crippen molar-refractivity contribution in [2.24, 2.45) is 0 Å². The predicted octanol–water partition coefficient (Wildman–Crippen LogP) is 3.83. The van der Waals surface area contributed by atoms with E-state index >= 15 is 0 Å². The molecule has 0 saturated heterocycles. The highest BCUT2D eigenvalue weighted by molar-refractivity contribution is 7.18. The average Bonchev–Trinajstić information content (AvgIpc) is 3.31. The van der Waals surface area contributed by atoms with Crippen LogP contribution in [0.4, 0.5) is 5.00 Å². The van der Waals surface area contributed by atoms with E-state index in [1.807, 2.05) is 30.3 Å². The smallest absolute Gasteiger partial charge is 0.348 e. The number of thiophene rings is 1. The van der Waals surface area contributed by atoms with E-state index in [9.17, 15) is 9.59 Å². The molecule has 0 bridgehead atoms. The number of nitrogens with one attached hydrogen (secondary N) is 1. The van der Waals surface area contributed by atoms with Crippen molar-refractivity contribution in [3.63, 3.8) is 0 Å². The quantitative estimate of drug-likeness (QED) is 0.514. The Kier molecular flexibility index (Phi) is 5.48. The molecule has 2 heterocycles. The monoisotopic (exact) mass is 357 g/mol. The lowest BCUT2D eigenvalue weighted by Gasteiger charge is -2.06. The van der Waals surface area contributed by atoms with Gasteiger partial charge in [0.2, 0.25) is 0 Å². The molecule has 0 atom stereocenters. The van der Waals surface area contributed by atoms with Gasteiger partial charge in [0.1, 0.15) is 23.8 Å². The molecule has 6 nitrogen and oxygen atoms in total. The highest BCUT2D eigenvalue weighted by atomic mass is 32.1. The van der Waals surface area contributed by atoms with E-state index in [2.05, 4.69) is 5.32 Å². The number of carbonyl (C=O) groups excluding carboxylic acids is 2. The standard InChI is InChI=1S/C18H15NO5S/c20-17(14-7-4-10-23-14)19-16-9-8-15(25-16)18(21)24-12-11-22-13-5-2-1-3-6-13/h1-10H,11-12H2,(H,19,20). The molecule has 0 fully saturated rings. The van der Waals surface area contributed by atoms with Gasteiger partial charge in [-0.15, -0.1) is 11.3 Å². The van der Waals surface area contributed by atoms with Gasteiger partial charge >= 0.3 is 5.97 Å². The molecule has 0 radical (unpaired) electrons. The molecule has 0 aliphatic heterocycles. The highest BCUT2D eigenvalue weighted by Gasteiger charge is 2.14. The van der Waals surface area contributed by atoms with Crippen molar-refractivity contribution in [3.8, 4) is 5.75 Å². The summed E-state index contributed by atoms with van der Waals surface area (Å²) >= 11 is 1.13. The van der Waals surface area contributed by atoms with Crippen molar-refractivity contribution >= 4 is 28.2 Å². The fraction of sp³-hybridized carbons (Fsp3) is 0.111. The zero-order valence-electron chi connectivity index (χ0n) is 13.1. The van der Waals surface area contributed by atoms with E-state index in [4.69, 9.17) is 13.9 Å². The molecule has 1 amide bonds. The highest BCUT2D eigenvalue weighted by Crippen LogP contribution is 2.23. The first-order valence-corrected chi connectivity index (χ1v) is 8.34. The van der Waals surface area contributed by atoms with Crippen molar-refractivity contribution in [2.75, 3.05) is 18.5 Å². The number of rotatable bonds is 7. The van der Waals surface area contributed by atoms with Crippen LogP contribution in [0.15, 0.2) is 65.3 Å². The zero-order chi connectivity index (χ0) is 17.5. The minimum Gasteiger partial charge on any atom is -0.490 e. The van der Waals surface area contributed by atoms with Gasteiger partial charge in [0.15, 0.2) is 5.76 Å². The Balaban J connectivity index is 1.45. The average molecular weight is 357 g/mol. The van der Waals surface area contributed by atoms with Gasteiger partial charge in [-0.2, -0.15) is 0 Å². The lowest BCUT2D eigenvalue weighted by Crippen LogP contribution is -2.11. The number of amides is 1. The van der Waals surface area contributed by atoms with E-state index in [0.29, 0.717) is 9.88 Å². The molecule has 1 aromatic carbocycles. The van der Waals surface area contributed by atoms with Crippen LogP contribution in [0.1, 0.15) is 20.2 Å². The summed E-state index contributed by atoms with van der Waals surface area (Å²) in [6.45, 7) is 0.406. The number of esters is 1. The van der Waals surface area contributed by atoms with Crippen molar-refractivity contribution < 1.29 is 23.5 Å². The van der Waals surface area contributed by atoms with Crippen LogP contribution in [-0.2, 0) is 4.74 Å². The van der Waals surface area contributed by atoms with Gasteiger partial charge in [-0.1, -0.05) is 18.2 Å². The number of para-hydroxylation sites is 1. The first-order valence-electron chi connectivity index (χ1n) is 7.52. The third kappa shape index (κ3) is 4.71. The van der Waals surface area contributed by atoms with Crippen molar-refractivity contribution in [1.29, 1.82) is 0 Å². The molecule has 0 unspecified atom stereocenters. The van der Waals surface area contributed by atoms with Crippen LogP contribution in [0.3, 0.4) is 0 Å². The number of furan rings is 1. The van der Waals surface area contributed by atoms with E-state index in [1.165, 1.54) is 6.26 Å². The second-order valence-electron chi connectivity index (χ2n) is 4.89. The van der Waals surface area contributed by atoms with Crippen LogP contribution in [-0.4, -0.2) is 25.1 Å². The molecule has 25 heavy (non-hydrogen) atoms. The minimum atomic E-state index is -0.458. The molecular weight excluding hydrogens is 342 g/mol. The number of hydrogen-bond acceptors (Lipinski definition) is 6. The Morgan fingerprint density at radius 1 is 1.00 bits per heavy atom. The molecule has 128 valence electrons. The van der Waals surface area contributed by atoms with Gasteiger partial charge in [0, 0.05) is 0 Å². The van der Waals surface area contributed by atoms with Crippen LogP contribution in [0, 0.1) is 0 Å². The van der Waals surface area contributed by atoms with Crippen LogP contribution in [0.25, 0.3) is 0 Å². The molecule has 0 saturated carbocycles. The van der Waals surface area contributed by atoms with Gasteiger partial charge < -0.3 is 19.2 Å². The maximum atomic E-state index is 12.0. The molecule has 3 aromatic rings. The summed E-state index contributed by atoms with van der Waals surface area (Å²) in [7, 11) is 0. The van der Waals surface area contributed by atoms with E-state index in [1.54, 1.807) is 24.3 Å². The molecule has 0 aliphatic rings. The lowest BCUT2D eigenvalue weighted by molar-refractivity contribution is 0.0456. The van der Waals surface area contributed by atoms with Crippen molar-refractivity contribution in [3.05, 3.63) is 71.5 Å². The number of ether oxygens (including phenoxy) is 2. The number of hydrogen-bond donors (Lipinski definition) is 1. The van der Waals surface area contributed by atoms with E-state index in [0.717, 1.165) is 17.1 Å². The molecule has 1 N–H and O–H groups in total. The largest absolute Gasteiger partial charge is 0.490 e. The van der Waals surface area contributed by atoms with Crippen LogP contribution in [0.2, 0.25) is 0 Å². The Morgan fingerprint density at radius 2 is 1.84 bits per heavy atom. The first kappa shape index (κ1) is 16.8. The summed E-state index contributed by atoms with van der Waals surface area (Å²) in [6, 6.07) is 15.7. The molecule has 7 heteroatoms. The molecular formula is C18H15NO5S. The molecule has 0 spiro atoms. The Morgan fingerprint density at radius 3 is 2.60 bits per heavy atom. The second-order valence-corrected chi connectivity index (χ2v) is 5.98. The minimum absolute atomic E-state index is 0.139. The van der Waals surface area contributed by atoms with Crippen LogP contribution >= 0.6 is 11.3 Å². The number of benzene rings is 1. The second kappa shape index (κ2) is 8.16. The molecule has 2 aromatic heterocycles. The van der Waals surface area contributed by atoms with Crippen molar-refractivity contribution in [1.82, 2.24) is 0 Å². The summed E-state index contributed by atoms with van der Waals surface area (Å²) in [5, 5.41) is 3.20. The Labute approximate surface area is 148 Å². The fourth-order valence-electron chi connectivity index (χ4n) is 1.98. The summed E-state index contributed by atoms with van der Waals surface area (Å²) < 4.78 is 15.6. The topological polar surface area (TPSA) is 77.8 Å². The third-order valence-electron chi connectivity index (χ3n) is 3.12. The van der Waals surface area contributed by atoms with Crippen molar-refractivity contribution in [2.45, 2.75) is 0 Å². The van der Waals surface area contributed by atoms with Crippen LogP contribution in [0.5, 0.6) is 5.75 Å². The predicted molar refractivity (Wildman–Crippen MR) is 93.2 cm³/mol. The summed E-state index contributed by atoms with van der Waals surface area (Å²) in [4.78, 5) is 24.3. The number of anilines is 1. The zero-order valence-corrected chi connectivity index (χ0v) is 14.0. The van der Waals surface area contributed by atoms with Crippen LogP contribution < -0.4 is 10.1 Å². The SMILES string of the molecule is O=C(Nc1ccc(C(=O)OCCOc2ccccc2)s1)c1ccco1. The third-order valence-corrected chi connectivity index (χ3v) is 4.10. The number of carbonyl (C=O) groups is 2. The molecule has 0 aliphatic carbocycles. The Hall–Kier alpha value is -3.06. The fourth-order valence-corrected chi connectivity index (χ4v) is 2.77. The molecule has 3 rings (SSSR count). The Bertz CT molecular complexity index is 826. The normalized spacial score (nSPS) is 10.2. The maximum Gasteiger partial charge on any atom is 0.348 e. The van der Waals surface area contributed by atoms with Gasteiger partial charge in [0.25, 0.3) is 5.91 Å².